The second-order valence-corrected chi connectivity index (χ2v) is 7.82. The van der Waals surface area contributed by atoms with Crippen molar-refractivity contribution in [3.8, 4) is 5.75 Å². The van der Waals surface area contributed by atoms with Gasteiger partial charge in [0.2, 0.25) is 11.3 Å². The molecular weight excluding hydrogens is 428 g/mol. The van der Waals surface area contributed by atoms with Gasteiger partial charge in [0.15, 0.2) is 5.75 Å². The van der Waals surface area contributed by atoms with E-state index in [4.69, 9.17) is 9.47 Å². The number of hydrogen-bond donors (Lipinski definition) is 1. The molecule has 0 unspecified atom stereocenters. The molecule has 0 fully saturated rings. The fourth-order valence-electron chi connectivity index (χ4n) is 2.95. The number of ether oxygens (including phenoxy) is 2. The maximum atomic E-state index is 12.7. The first-order chi connectivity index (χ1) is 15.5. The number of esters is 1. The van der Waals surface area contributed by atoms with E-state index < -0.39 is 5.97 Å². The zero-order chi connectivity index (χ0) is 22.9. The van der Waals surface area contributed by atoms with E-state index >= 15 is 0 Å². The van der Waals surface area contributed by atoms with Crippen LogP contribution in [0.2, 0.25) is 0 Å². The molecule has 0 bridgehead atoms. The number of anilines is 1. The predicted octanol–water partition coefficient (Wildman–Crippen LogP) is 3.96. The van der Waals surface area contributed by atoms with Crippen LogP contribution in [-0.4, -0.2) is 30.2 Å². The molecule has 1 heterocycles. The number of carbonyl (C=O) groups excluding carboxylic acids is 2. The summed E-state index contributed by atoms with van der Waals surface area (Å²) in [6.07, 6.45) is 1.55. The fourth-order valence-corrected chi connectivity index (χ4v) is 3.87. The Morgan fingerprint density at radius 2 is 1.78 bits per heavy atom. The number of nitrogens with one attached hydrogen (secondary N) is 1. The van der Waals surface area contributed by atoms with Crippen molar-refractivity contribution in [3.63, 3.8) is 0 Å². The van der Waals surface area contributed by atoms with Crippen LogP contribution >= 0.6 is 11.8 Å². The zero-order valence-corrected chi connectivity index (χ0v) is 18.7. The minimum atomic E-state index is -0.411. The molecule has 0 saturated heterocycles. The lowest BCUT2D eigenvalue weighted by Gasteiger charge is -2.15. The van der Waals surface area contributed by atoms with Crippen LogP contribution in [-0.2, 0) is 21.8 Å². The topological polar surface area (TPSA) is 86.6 Å². The Kier molecular flexibility index (Phi) is 8.10. The molecule has 1 N–H and O–H groups in total. The van der Waals surface area contributed by atoms with Crippen molar-refractivity contribution in [2.45, 2.75) is 24.1 Å². The number of methoxy groups -OCH3 is 1. The molecule has 0 atom stereocenters. The molecule has 32 heavy (non-hydrogen) atoms. The van der Waals surface area contributed by atoms with Crippen molar-refractivity contribution >= 4 is 29.3 Å². The quantitative estimate of drug-likeness (QED) is 0.391. The van der Waals surface area contributed by atoms with Crippen LogP contribution in [0.5, 0.6) is 5.75 Å². The molecule has 0 aliphatic carbocycles. The highest BCUT2D eigenvalue weighted by Gasteiger charge is 2.12. The van der Waals surface area contributed by atoms with Gasteiger partial charge in [0.1, 0.15) is 6.54 Å². The summed E-state index contributed by atoms with van der Waals surface area (Å²) >= 11 is 1.57. The predicted molar refractivity (Wildman–Crippen MR) is 124 cm³/mol. The van der Waals surface area contributed by atoms with Crippen molar-refractivity contribution in [1.82, 2.24) is 4.57 Å². The number of hydrogen-bond acceptors (Lipinski definition) is 6. The van der Waals surface area contributed by atoms with Crippen LogP contribution in [0, 0.1) is 0 Å². The minimum absolute atomic E-state index is 0.000943. The average molecular weight is 453 g/mol. The van der Waals surface area contributed by atoms with E-state index in [1.807, 2.05) is 30.3 Å². The smallest absolute Gasteiger partial charge is 0.338 e. The van der Waals surface area contributed by atoms with Gasteiger partial charge in [-0.2, -0.15) is 0 Å². The summed E-state index contributed by atoms with van der Waals surface area (Å²) in [6, 6.07) is 17.8. The number of pyridine rings is 1. The van der Waals surface area contributed by atoms with Crippen LogP contribution in [0.25, 0.3) is 0 Å². The van der Waals surface area contributed by atoms with Gasteiger partial charge in [-0.3, -0.25) is 9.59 Å². The van der Waals surface area contributed by atoms with Crippen LogP contribution in [0.1, 0.15) is 23.0 Å². The first-order valence-corrected chi connectivity index (χ1v) is 11.0. The first kappa shape index (κ1) is 23.1. The van der Waals surface area contributed by atoms with Crippen LogP contribution in [0.4, 0.5) is 5.69 Å². The van der Waals surface area contributed by atoms with E-state index in [9.17, 15) is 14.4 Å². The van der Waals surface area contributed by atoms with Gasteiger partial charge >= 0.3 is 5.97 Å². The standard InChI is InChI=1S/C24H24N2O5S/c1-3-31-24(29)17-9-11-18(12-10-17)25-23(28)15-26-14-22(30-2)21(27)13-19(26)16-32-20-7-5-4-6-8-20/h4-14H,3,15-16H2,1-2H3,(H,25,28). The molecule has 3 aromatic rings. The summed E-state index contributed by atoms with van der Waals surface area (Å²) in [4.78, 5) is 37.7. The van der Waals surface area contributed by atoms with Gasteiger partial charge in [0.25, 0.3) is 0 Å². The molecule has 0 radical (unpaired) electrons. The van der Waals surface area contributed by atoms with Gasteiger partial charge in [0, 0.05) is 28.1 Å². The van der Waals surface area contributed by atoms with E-state index in [-0.39, 0.29) is 23.6 Å². The highest BCUT2D eigenvalue weighted by Crippen LogP contribution is 2.22. The SMILES string of the molecule is CCOC(=O)c1ccc(NC(=O)Cn2cc(OC)c(=O)cc2CSc2ccccc2)cc1. The summed E-state index contributed by atoms with van der Waals surface area (Å²) in [5.74, 6) is 0.00647. The third-order valence-electron chi connectivity index (χ3n) is 4.53. The number of nitrogens with zero attached hydrogens (tertiary/aromatic N) is 1. The van der Waals surface area contributed by atoms with E-state index in [1.54, 1.807) is 53.7 Å². The Balaban J connectivity index is 1.72. The van der Waals surface area contributed by atoms with Gasteiger partial charge in [-0.1, -0.05) is 18.2 Å². The number of amides is 1. The Morgan fingerprint density at radius 1 is 1.06 bits per heavy atom. The summed E-state index contributed by atoms with van der Waals surface area (Å²) in [5, 5.41) is 2.80. The number of thioether (sulfide) groups is 1. The maximum Gasteiger partial charge on any atom is 0.338 e. The summed E-state index contributed by atoms with van der Waals surface area (Å²) in [5.41, 5.74) is 1.44. The fraction of sp³-hybridized carbons (Fsp3) is 0.208. The number of aromatic nitrogens is 1. The number of rotatable bonds is 9. The Morgan fingerprint density at radius 3 is 2.44 bits per heavy atom. The van der Waals surface area contributed by atoms with Crippen molar-refractivity contribution < 1.29 is 19.1 Å². The second kappa shape index (κ2) is 11.2. The maximum absolute atomic E-state index is 12.7. The lowest BCUT2D eigenvalue weighted by Crippen LogP contribution is -2.22. The molecule has 166 valence electrons. The summed E-state index contributed by atoms with van der Waals surface area (Å²) in [7, 11) is 1.42. The molecule has 0 spiro atoms. The van der Waals surface area contributed by atoms with Crippen molar-refractivity contribution in [2.75, 3.05) is 19.0 Å². The van der Waals surface area contributed by atoms with E-state index in [0.717, 1.165) is 4.90 Å². The molecule has 0 aliphatic heterocycles. The van der Waals surface area contributed by atoms with Gasteiger partial charge in [-0.25, -0.2) is 4.79 Å². The number of benzene rings is 2. The Bertz CT molecular complexity index is 1130. The highest BCUT2D eigenvalue weighted by atomic mass is 32.2. The van der Waals surface area contributed by atoms with E-state index in [1.165, 1.54) is 13.2 Å². The molecule has 1 amide bonds. The lowest BCUT2D eigenvalue weighted by atomic mass is 10.2. The molecule has 2 aromatic carbocycles. The van der Waals surface area contributed by atoms with Crippen molar-refractivity contribution in [1.29, 1.82) is 0 Å². The number of carbonyl (C=O) groups is 2. The monoisotopic (exact) mass is 452 g/mol. The van der Waals surface area contributed by atoms with Crippen molar-refractivity contribution in [2.24, 2.45) is 0 Å². The lowest BCUT2D eigenvalue weighted by molar-refractivity contribution is -0.116. The van der Waals surface area contributed by atoms with E-state index in [2.05, 4.69) is 5.32 Å². The summed E-state index contributed by atoms with van der Waals surface area (Å²) in [6.45, 7) is 2.04. The first-order valence-electron chi connectivity index (χ1n) is 10.0. The van der Waals surface area contributed by atoms with Gasteiger partial charge in [0.05, 0.1) is 25.5 Å². The molecule has 0 saturated carbocycles. The van der Waals surface area contributed by atoms with Crippen LogP contribution in [0.3, 0.4) is 0 Å². The van der Waals surface area contributed by atoms with Gasteiger partial charge < -0.3 is 19.4 Å². The average Bonchev–Trinajstić information content (AvgIpc) is 2.80. The molecule has 1 aromatic heterocycles. The molecule has 8 heteroatoms. The highest BCUT2D eigenvalue weighted by molar-refractivity contribution is 7.98. The molecule has 0 aliphatic rings. The largest absolute Gasteiger partial charge is 0.491 e. The van der Waals surface area contributed by atoms with E-state index in [0.29, 0.717) is 29.3 Å². The Hall–Kier alpha value is -3.52. The Labute approximate surface area is 190 Å². The normalized spacial score (nSPS) is 10.4. The zero-order valence-electron chi connectivity index (χ0n) is 17.9. The third-order valence-corrected chi connectivity index (χ3v) is 5.57. The van der Waals surface area contributed by atoms with Crippen LogP contribution in [0.15, 0.2) is 76.6 Å². The minimum Gasteiger partial charge on any atom is -0.491 e. The van der Waals surface area contributed by atoms with Gasteiger partial charge in [-0.15, -0.1) is 11.8 Å². The second-order valence-electron chi connectivity index (χ2n) is 6.77. The summed E-state index contributed by atoms with van der Waals surface area (Å²) < 4.78 is 11.8. The molecular formula is C24H24N2O5S. The van der Waals surface area contributed by atoms with Gasteiger partial charge in [-0.05, 0) is 43.3 Å². The van der Waals surface area contributed by atoms with Crippen molar-refractivity contribution in [3.05, 3.63) is 88.3 Å². The molecule has 3 rings (SSSR count). The molecule has 7 nitrogen and oxygen atoms in total. The van der Waals surface area contributed by atoms with Crippen LogP contribution < -0.4 is 15.5 Å². The third kappa shape index (κ3) is 6.24.